The van der Waals surface area contributed by atoms with Crippen LogP contribution < -0.4 is 10.2 Å². The molecule has 2 unspecified atom stereocenters. The van der Waals surface area contributed by atoms with Gasteiger partial charge in [-0.3, -0.25) is 9.59 Å². The number of benzene rings is 2. The summed E-state index contributed by atoms with van der Waals surface area (Å²) in [6, 6.07) is 10.6. The van der Waals surface area contributed by atoms with Crippen LogP contribution in [0.1, 0.15) is 91.3 Å². The minimum Gasteiger partial charge on any atom is -0.431 e. The molecule has 1 N–H and O–H groups in total. The molecule has 1 saturated heterocycles. The van der Waals surface area contributed by atoms with Crippen LogP contribution >= 0.6 is 15.9 Å². The Morgan fingerprint density at radius 1 is 1.07 bits per heavy atom. The maximum atomic E-state index is 14.0. The molecule has 2 heterocycles. The van der Waals surface area contributed by atoms with Gasteiger partial charge in [0.2, 0.25) is 6.36 Å². The van der Waals surface area contributed by atoms with E-state index >= 15 is 0 Å². The van der Waals surface area contributed by atoms with Crippen LogP contribution in [0.3, 0.4) is 0 Å². The van der Waals surface area contributed by atoms with E-state index in [9.17, 15) is 27.2 Å². The highest BCUT2D eigenvalue weighted by Crippen LogP contribution is 2.37. The monoisotopic (exact) mass is 679 g/mol. The van der Waals surface area contributed by atoms with Gasteiger partial charge in [0.25, 0.3) is 5.91 Å². The Hall–Kier alpha value is -3.21. The zero-order valence-corrected chi connectivity index (χ0v) is 26.6. The van der Waals surface area contributed by atoms with Gasteiger partial charge < -0.3 is 15.0 Å². The van der Waals surface area contributed by atoms with Gasteiger partial charge >= 0.3 is 12.1 Å². The fourth-order valence-electron chi connectivity index (χ4n) is 5.76. The zero-order valence-electron chi connectivity index (χ0n) is 25.0. The van der Waals surface area contributed by atoms with Crippen molar-refractivity contribution in [1.29, 1.82) is 0 Å². The highest BCUT2D eigenvalue weighted by molar-refractivity contribution is 9.10. The Kier molecular flexibility index (Phi) is 11.6. The summed E-state index contributed by atoms with van der Waals surface area (Å²) >= 11 is 3.48. The van der Waals surface area contributed by atoms with Crippen LogP contribution in [0.4, 0.5) is 23.4 Å². The maximum Gasteiger partial charge on any atom is 0.416 e. The van der Waals surface area contributed by atoms with Gasteiger partial charge in [-0.2, -0.15) is 13.2 Å². The number of carbonyl (C=O) groups is 2. The van der Waals surface area contributed by atoms with E-state index in [0.717, 1.165) is 55.1 Å². The summed E-state index contributed by atoms with van der Waals surface area (Å²) in [5, 5.41) is 3.48. The van der Waals surface area contributed by atoms with Gasteiger partial charge in [0.05, 0.1) is 16.6 Å². The van der Waals surface area contributed by atoms with E-state index in [1.807, 2.05) is 25.1 Å². The van der Waals surface area contributed by atoms with Crippen LogP contribution in [0.2, 0.25) is 0 Å². The first-order chi connectivity index (χ1) is 21.0. The number of amides is 1. The lowest BCUT2D eigenvalue weighted by Crippen LogP contribution is -2.32. The van der Waals surface area contributed by atoms with Crippen molar-refractivity contribution in [2.75, 3.05) is 24.5 Å². The normalized spacial score (nSPS) is 15.5. The van der Waals surface area contributed by atoms with Crippen molar-refractivity contribution in [1.82, 2.24) is 10.3 Å². The number of rotatable bonds is 11. The second kappa shape index (κ2) is 15.2. The maximum absolute atomic E-state index is 14.0. The van der Waals surface area contributed by atoms with Gasteiger partial charge in [-0.25, -0.2) is 9.37 Å². The van der Waals surface area contributed by atoms with E-state index in [1.165, 1.54) is 18.2 Å². The number of esters is 1. The number of nitrogens with one attached hydrogen (secondary N) is 1. The van der Waals surface area contributed by atoms with E-state index in [2.05, 4.69) is 26.1 Å². The number of fused-ring (bicyclic) bond motifs is 1. The Morgan fingerprint density at radius 3 is 2.45 bits per heavy atom. The molecule has 0 spiro atoms. The fraction of sp³-hybridized carbons (Fsp3) is 0.485. The molecule has 3 aromatic rings. The lowest BCUT2D eigenvalue weighted by molar-refractivity contribution is -0.158. The molecule has 0 saturated carbocycles. The minimum atomic E-state index is -4.64. The largest absolute Gasteiger partial charge is 0.431 e. The summed E-state index contributed by atoms with van der Waals surface area (Å²) in [5.74, 6) is -1.46. The fourth-order valence-corrected chi connectivity index (χ4v) is 6.12. The van der Waals surface area contributed by atoms with E-state index in [4.69, 9.17) is 9.72 Å². The van der Waals surface area contributed by atoms with E-state index in [-0.39, 0.29) is 31.4 Å². The average molecular weight is 681 g/mol. The first-order valence-corrected chi connectivity index (χ1v) is 15.9. The summed E-state index contributed by atoms with van der Waals surface area (Å²) in [6.07, 6.45) is -1.99. The lowest BCUT2D eigenvalue weighted by atomic mass is 9.89. The molecule has 2 atom stereocenters. The number of ether oxygens (including phenoxy) is 1. The SMILES string of the molecule is CCCC(F)OC(=O)CCC(CNC(=O)c1c(C)c(N2CCCCCC2)nc2ccc(Br)cc12)c1ccccc1C(F)(F)F. The van der Waals surface area contributed by atoms with Gasteiger partial charge in [-0.05, 0) is 62.4 Å². The van der Waals surface area contributed by atoms with Crippen molar-refractivity contribution in [3.05, 3.63) is 69.2 Å². The van der Waals surface area contributed by atoms with Gasteiger partial charge in [0, 0.05) is 53.8 Å². The topological polar surface area (TPSA) is 71.5 Å². The third kappa shape index (κ3) is 8.49. The molecular formula is C33H38BrF4N3O3. The Bertz CT molecular complexity index is 1460. The number of hydrogen-bond donors (Lipinski definition) is 1. The van der Waals surface area contributed by atoms with Crippen LogP contribution in [0.25, 0.3) is 10.9 Å². The van der Waals surface area contributed by atoms with Crippen LogP contribution in [0.5, 0.6) is 0 Å². The number of carbonyl (C=O) groups excluding carboxylic acids is 2. The number of halogens is 5. The molecule has 11 heteroatoms. The molecule has 44 heavy (non-hydrogen) atoms. The second-order valence-electron chi connectivity index (χ2n) is 11.2. The number of aromatic nitrogens is 1. The molecule has 2 aromatic carbocycles. The van der Waals surface area contributed by atoms with E-state index in [1.54, 1.807) is 6.92 Å². The van der Waals surface area contributed by atoms with Gasteiger partial charge in [0.15, 0.2) is 0 Å². The molecule has 1 aromatic heterocycles. The number of hydrogen-bond acceptors (Lipinski definition) is 5. The molecule has 0 radical (unpaired) electrons. The lowest BCUT2D eigenvalue weighted by Gasteiger charge is -2.26. The molecule has 0 aliphatic carbocycles. The summed E-state index contributed by atoms with van der Waals surface area (Å²) < 4.78 is 61.4. The molecule has 0 bridgehead atoms. The van der Waals surface area contributed by atoms with Crippen molar-refractivity contribution in [3.63, 3.8) is 0 Å². The summed E-state index contributed by atoms with van der Waals surface area (Å²) in [7, 11) is 0. The number of alkyl halides is 4. The van der Waals surface area contributed by atoms with Crippen molar-refractivity contribution >= 4 is 44.5 Å². The molecular weight excluding hydrogens is 642 g/mol. The summed E-state index contributed by atoms with van der Waals surface area (Å²) in [6.45, 7) is 5.06. The average Bonchev–Trinajstić information content (AvgIpc) is 3.26. The predicted octanol–water partition coefficient (Wildman–Crippen LogP) is 8.64. The van der Waals surface area contributed by atoms with Crippen molar-refractivity contribution in [2.24, 2.45) is 0 Å². The summed E-state index contributed by atoms with van der Waals surface area (Å²) in [5.41, 5.74) is 0.828. The number of nitrogens with zero attached hydrogens (tertiary/aromatic N) is 2. The molecule has 6 nitrogen and oxygen atoms in total. The quantitative estimate of drug-likeness (QED) is 0.162. The second-order valence-corrected chi connectivity index (χ2v) is 12.1. The van der Waals surface area contributed by atoms with Crippen molar-refractivity contribution in [3.8, 4) is 0 Å². The number of anilines is 1. The smallest absolute Gasteiger partial charge is 0.416 e. The van der Waals surface area contributed by atoms with Gasteiger partial charge in [0.1, 0.15) is 5.82 Å². The van der Waals surface area contributed by atoms with Gasteiger partial charge in [-0.15, -0.1) is 0 Å². The third-order valence-electron chi connectivity index (χ3n) is 7.98. The van der Waals surface area contributed by atoms with E-state index < -0.39 is 35.9 Å². The predicted molar refractivity (Wildman–Crippen MR) is 167 cm³/mol. The summed E-state index contributed by atoms with van der Waals surface area (Å²) in [4.78, 5) is 33.4. The molecule has 1 amide bonds. The standard InChI is InChI=1S/C33H38BrF4N3O3/c1-3-10-28(35)44-29(42)16-13-22(24-11-6-7-12-26(24)33(36,37)38)20-39-32(43)30-21(2)31(41-17-8-4-5-9-18-41)40-27-15-14-23(34)19-25(27)30/h6-7,11-12,14-15,19,22,28H,3-5,8-10,13,16-18,20H2,1-2H3,(H,39,43). The first kappa shape index (κ1) is 33.7. The number of pyridine rings is 1. The van der Waals surface area contributed by atoms with Crippen LogP contribution in [-0.4, -0.2) is 42.9 Å². The van der Waals surface area contributed by atoms with Crippen LogP contribution in [0, 0.1) is 6.92 Å². The van der Waals surface area contributed by atoms with Crippen LogP contribution in [-0.2, 0) is 15.7 Å². The molecule has 1 fully saturated rings. The minimum absolute atomic E-state index is 0.0386. The Morgan fingerprint density at radius 2 is 1.77 bits per heavy atom. The zero-order chi connectivity index (χ0) is 31.9. The highest BCUT2D eigenvalue weighted by atomic mass is 79.9. The molecule has 238 valence electrons. The van der Waals surface area contributed by atoms with Crippen molar-refractivity contribution < 1.29 is 31.9 Å². The highest BCUT2D eigenvalue weighted by Gasteiger charge is 2.35. The third-order valence-corrected chi connectivity index (χ3v) is 8.48. The molecule has 1 aliphatic heterocycles. The molecule has 1 aliphatic rings. The Balaban J connectivity index is 1.65. The van der Waals surface area contributed by atoms with E-state index in [0.29, 0.717) is 28.5 Å². The van der Waals surface area contributed by atoms with Crippen LogP contribution in [0.15, 0.2) is 46.9 Å². The van der Waals surface area contributed by atoms with Crippen molar-refractivity contribution in [2.45, 2.75) is 83.7 Å². The van der Waals surface area contributed by atoms with Gasteiger partial charge in [-0.1, -0.05) is 53.9 Å². The Labute approximate surface area is 263 Å². The first-order valence-electron chi connectivity index (χ1n) is 15.1. The molecule has 4 rings (SSSR count).